The van der Waals surface area contributed by atoms with Gasteiger partial charge in [0.25, 0.3) is 0 Å². The number of rotatable bonds is 7. The topological polar surface area (TPSA) is 47.1 Å². The molecule has 132 valence electrons. The average Bonchev–Trinajstić information content (AvgIpc) is 2.60. The summed E-state index contributed by atoms with van der Waals surface area (Å²) >= 11 is 0. The Bertz CT molecular complexity index is 375. The highest BCUT2D eigenvalue weighted by Gasteiger charge is 2.25. The SMILES string of the molecule is CCCCC(C)N1CCN(C(=O)CN2CCN(C=O)CC2)CC1. The van der Waals surface area contributed by atoms with Crippen LogP contribution in [0.1, 0.15) is 33.1 Å². The zero-order valence-electron chi connectivity index (χ0n) is 14.7. The van der Waals surface area contributed by atoms with E-state index in [2.05, 4.69) is 23.6 Å². The van der Waals surface area contributed by atoms with Crippen molar-refractivity contribution >= 4 is 12.3 Å². The van der Waals surface area contributed by atoms with Gasteiger partial charge in [0, 0.05) is 58.4 Å². The minimum absolute atomic E-state index is 0.241. The van der Waals surface area contributed by atoms with Crippen molar-refractivity contribution in [1.29, 1.82) is 0 Å². The first-order valence-electron chi connectivity index (χ1n) is 9.07. The zero-order chi connectivity index (χ0) is 16.7. The van der Waals surface area contributed by atoms with Crippen LogP contribution in [0.5, 0.6) is 0 Å². The highest BCUT2D eigenvalue weighted by atomic mass is 16.2. The third kappa shape index (κ3) is 5.46. The average molecular weight is 324 g/mol. The Labute approximate surface area is 140 Å². The van der Waals surface area contributed by atoms with Crippen LogP contribution in [0.2, 0.25) is 0 Å². The monoisotopic (exact) mass is 324 g/mol. The summed E-state index contributed by atoms with van der Waals surface area (Å²) in [5.41, 5.74) is 0. The van der Waals surface area contributed by atoms with E-state index >= 15 is 0 Å². The lowest BCUT2D eigenvalue weighted by Gasteiger charge is -2.39. The predicted molar refractivity (Wildman–Crippen MR) is 91.2 cm³/mol. The molecule has 0 aliphatic carbocycles. The second-order valence-corrected chi connectivity index (χ2v) is 6.83. The first kappa shape index (κ1) is 18.2. The lowest BCUT2D eigenvalue weighted by molar-refractivity contribution is -0.135. The van der Waals surface area contributed by atoms with Gasteiger partial charge in [-0.25, -0.2) is 0 Å². The van der Waals surface area contributed by atoms with Crippen LogP contribution in [0.15, 0.2) is 0 Å². The van der Waals surface area contributed by atoms with Crippen molar-refractivity contribution in [3.05, 3.63) is 0 Å². The molecular weight excluding hydrogens is 292 g/mol. The van der Waals surface area contributed by atoms with Crippen molar-refractivity contribution < 1.29 is 9.59 Å². The molecule has 2 aliphatic rings. The maximum Gasteiger partial charge on any atom is 0.236 e. The molecule has 2 saturated heterocycles. The van der Waals surface area contributed by atoms with Gasteiger partial charge in [-0.3, -0.25) is 19.4 Å². The molecule has 2 heterocycles. The third-order valence-corrected chi connectivity index (χ3v) is 5.18. The quantitative estimate of drug-likeness (QED) is 0.639. The van der Waals surface area contributed by atoms with Gasteiger partial charge in [-0.2, -0.15) is 0 Å². The standard InChI is InChI=1S/C17H32N4O2/c1-3-4-5-16(2)20-10-12-21(13-11-20)17(23)14-18-6-8-19(15-22)9-7-18/h15-16H,3-14H2,1-2H3. The largest absolute Gasteiger partial charge is 0.343 e. The highest BCUT2D eigenvalue weighted by Crippen LogP contribution is 2.12. The van der Waals surface area contributed by atoms with Gasteiger partial charge in [0.2, 0.25) is 12.3 Å². The lowest BCUT2D eigenvalue weighted by atomic mass is 10.1. The number of unbranched alkanes of at least 4 members (excludes halogenated alkanes) is 1. The summed E-state index contributed by atoms with van der Waals surface area (Å²) in [5.74, 6) is 0.241. The minimum Gasteiger partial charge on any atom is -0.343 e. The van der Waals surface area contributed by atoms with E-state index in [4.69, 9.17) is 0 Å². The van der Waals surface area contributed by atoms with E-state index < -0.39 is 0 Å². The molecular formula is C17H32N4O2. The second-order valence-electron chi connectivity index (χ2n) is 6.83. The minimum atomic E-state index is 0.241. The molecule has 2 amide bonds. The molecule has 1 unspecified atom stereocenters. The van der Waals surface area contributed by atoms with Crippen molar-refractivity contribution in [2.75, 3.05) is 58.9 Å². The molecule has 2 fully saturated rings. The zero-order valence-corrected chi connectivity index (χ0v) is 14.7. The van der Waals surface area contributed by atoms with Crippen LogP contribution in [-0.4, -0.2) is 96.9 Å². The van der Waals surface area contributed by atoms with Crippen LogP contribution in [-0.2, 0) is 9.59 Å². The van der Waals surface area contributed by atoms with E-state index in [0.29, 0.717) is 12.6 Å². The smallest absolute Gasteiger partial charge is 0.236 e. The third-order valence-electron chi connectivity index (χ3n) is 5.18. The van der Waals surface area contributed by atoms with Gasteiger partial charge in [0.15, 0.2) is 0 Å². The van der Waals surface area contributed by atoms with Crippen molar-refractivity contribution in [2.45, 2.75) is 39.2 Å². The first-order chi connectivity index (χ1) is 11.1. The van der Waals surface area contributed by atoms with Gasteiger partial charge in [-0.15, -0.1) is 0 Å². The van der Waals surface area contributed by atoms with Gasteiger partial charge >= 0.3 is 0 Å². The van der Waals surface area contributed by atoms with Crippen molar-refractivity contribution in [2.24, 2.45) is 0 Å². The number of amides is 2. The van der Waals surface area contributed by atoms with Crippen LogP contribution in [0, 0.1) is 0 Å². The van der Waals surface area contributed by atoms with E-state index in [0.717, 1.165) is 58.8 Å². The summed E-state index contributed by atoms with van der Waals surface area (Å²) in [5, 5.41) is 0. The molecule has 0 aromatic rings. The summed E-state index contributed by atoms with van der Waals surface area (Å²) in [6.45, 7) is 11.8. The van der Waals surface area contributed by atoms with E-state index in [-0.39, 0.29) is 5.91 Å². The molecule has 0 N–H and O–H groups in total. The van der Waals surface area contributed by atoms with Gasteiger partial charge in [-0.05, 0) is 13.3 Å². The number of hydrogen-bond donors (Lipinski definition) is 0. The fourth-order valence-electron chi connectivity index (χ4n) is 3.41. The Morgan fingerprint density at radius 3 is 2.26 bits per heavy atom. The molecule has 1 atom stereocenters. The van der Waals surface area contributed by atoms with E-state index in [1.165, 1.54) is 19.3 Å². The van der Waals surface area contributed by atoms with Gasteiger partial charge in [0.1, 0.15) is 0 Å². The molecule has 2 aliphatic heterocycles. The maximum absolute atomic E-state index is 12.4. The summed E-state index contributed by atoms with van der Waals surface area (Å²) in [7, 11) is 0. The van der Waals surface area contributed by atoms with E-state index in [1.54, 1.807) is 4.90 Å². The molecule has 0 aromatic heterocycles. The summed E-state index contributed by atoms with van der Waals surface area (Å²) in [4.78, 5) is 31.6. The van der Waals surface area contributed by atoms with Crippen LogP contribution < -0.4 is 0 Å². The number of nitrogens with zero attached hydrogens (tertiary/aromatic N) is 4. The lowest BCUT2D eigenvalue weighted by Crippen LogP contribution is -2.54. The maximum atomic E-state index is 12.4. The molecule has 2 rings (SSSR count). The number of carbonyl (C=O) groups excluding carboxylic acids is 2. The molecule has 0 saturated carbocycles. The molecule has 23 heavy (non-hydrogen) atoms. The predicted octanol–water partition coefficient (Wildman–Crippen LogP) is 0.483. The molecule has 0 aromatic carbocycles. The molecule has 0 bridgehead atoms. The van der Waals surface area contributed by atoms with Gasteiger partial charge in [0.05, 0.1) is 6.54 Å². The number of carbonyl (C=O) groups is 2. The van der Waals surface area contributed by atoms with Crippen LogP contribution in [0.25, 0.3) is 0 Å². The summed E-state index contributed by atoms with van der Waals surface area (Å²) in [6, 6.07) is 0.628. The molecule has 6 heteroatoms. The highest BCUT2D eigenvalue weighted by molar-refractivity contribution is 5.78. The second kappa shape index (κ2) is 9.23. The Balaban J connectivity index is 1.68. The number of hydrogen-bond acceptors (Lipinski definition) is 4. The summed E-state index contributed by atoms with van der Waals surface area (Å²) < 4.78 is 0. The van der Waals surface area contributed by atoms with Gasteiger partial charge in [-0.1, -0.05) is 19.8 Å². The van der Waals surface area contributed by atoms with Crippen LogP contribution in [0.3, 0.4) is 0 Å². The van der Waals surface area contributed by atoms with Crippen molar-refractivity contribution in [3.8, 4) is 0 Å². The van der Waals surface area contributed by atoms with Gasteiger partial charge < -0.3 is 9.80 Å². The fourth-order valence-corrected chi connectivity index (χ4v) is 3.41. The van der Waals surface area contributed by atoms with Crippen molar-refractivity contribution in [1.82, 2.24) is 19.6 Å². The normalized spacial score (nSPS) is 22.2. The summed E-state index contributed by atoms with van der Waals surface area (Å²) in [6.07, 6.45) is 4.69. The molecule has 6 nitrogen and oxygen atoms in total. The fraction of sp³-hybridized carbons (Fsp3) is 0.882. The Kier molecular flexibility index (Phi) is 7.30. The Morgan fingerprint density at radius 2 is 1.70 bits per heavy atom. The van der Waals surface area contributed by atoms with E-state index in [1.807, 2.05) is 4.90 Å². The number of piperazine rings is 2. The van der Waals surface area contributed by atoms with Crippen molar-refractivity contribution in [3.63, 3.8) is 0 Å². The van der Waals surface area contributed by atoms with Crippen LogP contribution in [0.4, 0.5) is 0 Å². The molecule has 0 spiro atoms. The Hall–Kier alpha value is -1.14. The van der Waals surface area contributed by atoms with E-state index in [9.17, 15) is 9.59 Å². The first-order valence-corrected chi connectivity index (χ1v) is 9.07. The molecule has 0 radical (unpaired) electrons. The Morgan fingerprint density at radius 1 is 1.04 bits per heavy atom. The van der Waals surface area contributed by atoms with Crippen LogP contribution >= 0.6 is 0 Å².